The van der Waals surface area contributed by atoms with Crippen LogP contribution in [0.5, 0.6) is 0 Å². The smallest absolute Gasteiger partial charge is 0.240 e. The first kappa shape index (κ1) is 14.5. The Balaban J connectivity index is 1.70. The molecule has 2 aliphatic rings. The molecule has 21 heavy (non-hydrogen) atoms. The van der Waals surface area contributed by atoms with Gasteiger partial charge in [-0.3, -0.25) is 4.79 Å². The van der Waals surface area contributed by atoms with Crippen LogP contribution in [0.4, 0.5) is 0 Å². The predicted molar refractivity (Wildman–Crippen MR) is 81.8 cm³/mol. The minimum atomic E-state index is -0.112. The number of piperidine rings is 1. The Morgan fingerprint density at radius 2 is 2.10 bits per heavy atom. The minimum Gasteiger partial charge on any atom is -0.396 e. The largest absolute Gasteiger partial charge is 0.396 e. The molecule has 1 fully saturated rings. The molecule has 2 N–H and O–H groups in total. The molecule has 0 aromatic heterocycles. The molecule has 1 saturated heterocycles. The van der Waals surface area contributed by atoms with Gasteiger partial charge in [0.2, 0.25) is 5.91 Å². The maximum Gasteiger partial charge on any atom is 0.240 e. The molecule has 0 bridgehead atoms. The third-order valence-electron chi connectivity index (χ3n) is 4.75. The number of benzene rings is 1. The highest BCUT2D eigenvalue weighted by atomic mass is 16.3. The van der Waals surface area contributed by atoms with Crippen molar-refractivity contribution in [3.05, 3.63) is 35.4 Å². The second kappa shape index (κ2) is 6.58. The monoisotopic (exact) mass is 288 g/mol. The van der Waals surface area contributed by atoms with Crippen molar-refractivity contribution in [3.8, 4) is 0 Å². The molecule has 0 radical (unpaired) electrons. The summed E-state index contributed by atoms with van der Waals surface area (Å²) in [5, 5.41) is 12.6. The fourth-order valence-electron chi connectivity index (χ4n) is 3.57. The van der Waals surface area contributed by atoms with Gasteiger partial charge in [0.25, 0.3) is 0 Å². The number of likely N-dealkylation sites (tertiary alicyclic amines) is 1. The van der Waals surface area contributed by atoms with E-state index in [0.717, 1.165) is 38.8 Å². The van der Waals surface area contributed by atoms with Gasteiger partial charge in [0.05, 0.1) is 6.04 Å². The van der Waals surface area contributed by atoms with Crippen molar-refractivity contribution < 1.29 is 9.90 Å². The second-order valence-corrected chi connectivity index (χ2v) is 6.10. The van der Waals surface area contributed by atoms with E-state index in [4.69, 9.17) is 0 Å². The average Bonchev–Trinajstić information content (AvgIpc) is 2.54. The van der Waals surface area contributed by atoms with Crippen LogP contribution in [0.2, 0.25) is 0 Å². The lowest BCUT2D eigenvalue weighted by atomic mass is 9.93. The second-order valence-electron chi connectivity index (χ2n) is 6.10. The first-order chi connectivity index (χ1) is 10.3. The third kappa shape index (κ3) is 3.11. The number of aliphatic hydroxyl groups excluding tert-OH is 1. The van der Waals surface area contributed by atoms with Crippen LogP contribution in [0.1, 0.15) is 36.8 Å². The van der Waals surface area contributed by atoms with E-state index in [1.807, 2.05) is 17.0 Å². The lowest BCUT2D eigenvalue weighted by Gasteiger charge is -2.39. The van der Waals surface area contributed by atoms with Gasteiger partial charge >= 0.3 is 0 Å². The number of carbonyl (C=O) groups excluding carboxylic acids is 1. The first-order valence-corrected chi connectivity index (χ1v) is 8.01. The summed E-state index contributed by atoms with van der Waals surface area (Å²) >= 11 is 0. The molecule has 4 nitrogen and oxygen atoms in total. The number of nitrogens with one attached hydrogen (secondary N) is 1. The SMILES string of the molecule is O=C([C@H]1Cc2ccccc2CN1)N1CCCCC1CCO. The van der Waals surface area contributed by atoms with E-state index in [9.17, 15) is 9.90 Å². The normalized spacial score (nSPS) is 25.5. The zero-order chi connectivity index (χ0) is 14.7. The number of hydrogen-bond donors (Lipinski definition) is 2. The van der Waals surface area contributed by atoms with Crippen molar-refractivity contribution in [2.45, 2.75) is 50.7 Å². The standard InChI is InChI=1S/C17H24N2O2/c20-10-8-15-7-3-4-9-19(15)17(21)16-11-13-5-1-2-6-14(13)12-18-16/h1-2,5-6,15-16,18,20H,3-4,7-12H2/t15?,16-/m1/s1. The fourth-order valence-corrected chi connectivity index (χ4v) is 3.57. The average molecular weight is 288 g/mol. The zero-order valence-corrected chi connectivity index (χ0v) is 12.4. The summed E-state index contributed by atoms with van der Waals surface area (Å²) in [6, 6.07) is 8.44. The van der Waals surface area contributed by atoms with Crippen LogP contribution in [0.25, 0.3) is 0 Å². The van der Waals surface area contributed by atoms with Gasteiger partial charge < -0.3 is 15.3 Å². The van der Waals surface area contributed by atoms with E-state index in [-0.39, 0.29) is 24.6 Å². The number of amides is 1. The highest BCUT2D eigenvalue weighted by molar-refractivity contribution is 5.83. The van der Waals surface area contributed by atoms with Crippen molar-refractivity contribution in [1.82, 2.24) is 10.2 Å². The number of hydrogen-bond acceptors (Lipinski definition) is 3. The minimum absolute atomic E-state index is 0.112. The summed E-state index contributed by atoms with van der Waals surface area (Å²) in [7, 11) is 0. The molecule has 1 aromatic rings. The molecule has 114 valence electrons. The number of fused-ring (bicyclic) bond motifs is 1. The van der Waals surface area contributed by atoms with E-state index in [1.165, 1.54) is 11.1 Å². The van der Waals surface area contributed by atoms with Crippen LogP contribution in [-0.2, 0) is 17.8 Å². The summed E-state index contributed by atoms with van der Waals surface area (Å²) in [5.41, 5.74) is 2.58. The molecule has 1 amide bonds. The summed E-state index contributed by atoms with van der Waals surface area (Å²) < 4.78 is 0. The summed E-state index contributed by atoms with van der Waals surface area (Å²) in [6.45, 7) is 1.77. The molecular weight excluding hydrogens is 264 g/mol. The van der Waals surface area contributed by atoms with E-state index in [1.54, 1.807) is 0 Å². The Labute approximate surface area is 126 Å². The lowest BCUT2D eigenvalue weighted by molar-refractivity contribution is -0.137. The molecule has 4 heteroatoms. The molecule has 2 heterocycles. The lowest BCUT2D eigenvalue weighted by Crippen LogP contribution is -2.54. The summed E-state index contributed by atoms with van der Waals surface area (Å²) in [6.07, 6.45) is 4.74. The fraction of sp³-hybridized carbons (Fsp3) is 0.588. The number of rotatable bonds is 3. The molecule has 0 saturated carbocycles. The zero-order valence-electron chi connectivity index (χ0n) is 12.4. The molecule has 1 aromatic carbocycles. The Kier molecular flexibility index (Phi) is 4.56. The molecule has 0 spiro atoms. The van der Waals surface area contributed by atoms with E-state index in [0.29, 0.717) is 6.42 Å². The van der Waals surface area contributed by atoms with Gasteiger partial charge in [-0.2, -0.15) is 0 Å². The van der Waals surface area contributed by atoms with Crippen molar-refractivity contribution in [2.75, 3.05) is 13.2 Å². The van der Waals surface area contributed by atoms with Gasteiger partial charge in [-0.1, -0.05) is 24.3 Å². The Bertz CT molecular complexity index is 501. The van der Waals surface area contributed by atoms with Gasteiger partial charge in [-0.25, -0.2) is 0 Å². The van der Waals surface area contributed by atoms with Gasteiger partial charge in [-0.05, 0) is 43.2 Å². The van der Waals surface area contributed by atoms with Gasteiger partial charge in [0, 0.05) is 25.7 Å². The third-order valence-corrected chi connectivity index (χ3v) is 4.75. The van der Waals surface area contributed by atoms with Crippen LogP contribution >= 0.6 is 0 Å². The molecule has 2 atom stereocenters. The summed E-state index contributed by atoms with van der Waals surface area (Å²) in [4.78, 5) is 14.8. The molecule has 2 aliphatic heterocycles. The molecule has 0 aliphatic carbocycles. The summed E-state index contributed by atoms with van der Waals surface area (Å²) in [5.74, 6) is 0.211. The first-order valence-electron chi connectivity index (χ1n) is 8.01. The number of aliphatic hydroxyl groups is 1. The van der Waals surface area contributed by atoms with Crippen molar-refractivity contribution in [3.63, 3.8) is 0 Å². The Morgan fingerprint density at radius 3 is 2.90 bits per heavy atom. The topological polar surface area (TPSA) is 52.6 Å². The number of carbonyl (C=O) groups is 1. The van der Waals surface area contributed by atoms with Crippen molar-refractivity contribution in [1.29, 1.82) is 0 Å². The highest BCUT2D eigenvalue weighted by Gasteiger charge is 2.32. The van der Waals surface area contributed by atoms with Crippen LogP contribution < -0.4 is 5.32 Å². The predicted octanol–water partition coefficient (Wildman–Crippen LogP) is 1.46. The molecule has 1 unspecified atom stereocenters. The maximum atomic E-state index is 12.8. The van der Waals surface area contributed by atoms with E-state index >= 15 is 0 Å². The van der Waals surface area contributed by atoms with Crippen LogP contribution in [0.15, 0.2) is 24.3 Å². The van der Waals surface area contributed by atoms with E-state index in [2.05, 4.69) is 17.4 Å². The van der Waals surface area contributed by atoms with Crippen LogP contribution in [0.3, 0.4) is 0 Å². The maximum absolute atomic E-state index is 12.8. The molecule has 3 rings (SSSR count). The highest BCUT2D eigenvalue weighted by Crippen LogP contribution is 2.23. The Hall–Kier alpha value is -1.39. The molecular formula is C17H24N2O2. The van der Waals surface area contributed by atoms with Crippen LogP contribution in [-0.4, -0.2) is 41.1 Å². The number of nitrogens with zero attached hydrogens (tertiary/aromatic N) is 1. The van der Waals surface area contributed by atoms with Gasteiger partial charge in [-0.15, -0.1) is 0 Å². The van der Waals surface area contributed by atoms with E-state index < -0.39 is 0 Å². The van der Waals surface area contributed by atoms with Crippen molar-refractivity contribution in [2.24, 2.45) is 0 Å². The van der Waals surface area contributed by atoms with Gasteiger partial charge in [0.15, 0.2) is 0 Å². The van der Waals surface area contributed by atoms with Crippen LogP contribution in [0, 0.1) is 0 Å². The Morgan fingerprint density at radius 1 is 1.29 bits per heavy atom. The quantitative estimate of drug-likeness (QED) is 0.885. The van der Waals surface area contributed by atoms with Gasteiger partial charge in [0.1, 0.15) is 0 Å². The van der Waals surface area contributed by atoms with Crippen molar-refractivity contribution >= 4 is 5.91 Å².